The molecular weight excluding hydrogens is 276 g/mol. The van der Waals surface area contributed by atoms with E-state index in [0.717, 1.165) is 12.8 Å². The third-order valence-electron chi connectivity index (χ3n) is 3.75. The summed E-state index contributed by atoms with van der Waals surface area (Å²) < 4.78 is 0. The normalized spacial score (nSPS) is 10.4. The molecule has 0 aliphatic heterocycles. The van der Waals surface area contributed by atoms with Crippen molar-refractivity contribution >= 4 is 11.8 Å². The Labute approximate surface area is 133 Å². The lowest BCUT2D eigenvalue weighted by molar-refractivity contribution is 0.0935. The zero-order valence-corrected chi connectivity index (χ0v) is 13.6. The van der Waals surface area contributed by atoms with Gasteiger partial charge in [-0.25, -0.2) is 0 Å². The van der Waals surface area contributed by atoms with Crippen molar-refractivity contribution < 1.29 is 9.59 Å². The van der Waals surface area contributed by atoms with Gasteiger partial charge in [-0.1, -0.05) is 64.0 Å². The molecule has 0 unspecified atom stereocenters. The van der Waals surface area contributed by atoms with Crippen molar-refractivity contribution in [3.05, 3.63) is 35.4 Å². The highest BCUT2D eigenvalue weighted by atomic mass is 16.2. The van der Waals surface area contributed by atoms with Crippen molar-refractivity contribution in [2.24, 2.45) is 5.73 Å². The molecule has 1 aromatic carbocycles. The van der Waals surface area contributed by atoms with Crippen LogP contribution in [0.4, 0.5) is 0 Å². The fourth-order valence-electron chi connectivity index (χ4n) is 2.45. The lowest BCUT2D eigenvalue weighted by Gasteiger charge is -2.08. The van der Waals surface area contributed by atoms with Crippen LogP contribution in [-0.4, -0.2) is 18.4 Å². The molecule has 0 saturated carbocycles. The van der Waals surface area contributed by atoms with Gasteiger partial charge >= 0.3 is 0 Å². The first kappa shape index (κ1) is 18.2. The number of hydrogen-bond donors (Lipinski definition) is 2. The molecule has 4 nitrogen and oxygen atoms in total. The number of rotatable bonds is 11. The molecule has 0 atom stereocenters. The van der Waals surface area contributed by atoms with Crippen molar-refractivity contribution in [2.75, 3.05) is 6.54 Å². The number of primary amides is 1. The summed E-state index contributed by atoms with van der Waals surface area (Å²) in [4.78, 5) is 23.3. The van der Waals surface area contributed by atoms with E-state index in [0.29, 0.717) is 12.1 Å². The van der Waals surface area contributed by atoms with Crippen LogP contribution < -0.4 is 11.1 Å². The molecule has 3 N–H and O–H groups in total. The van der Waals surface area contributed by atoms with Crippen LogP contribution in [0.15, 0.2) is 24.3 Å². The van der Waals surface area contributed by atoms with Gasteiger partial charge in [-0.3, -0.25) is 9.59 Å². The van der Waals surface area contributed by atoms with Gasteiger partial charge in [0.1, 0.15) is 0 Å². The molecule has 0 radical (unpaired) electrons. The monoisotopic (exact) mass is 304 g/mol. The fraction of sp³-hybridized carbons (Fsp3) is 0.556. The Kier molecular flexibility index (Phi) is 8.96. The average Bonchev–Trinajstić information content (AvgIpc) is 2.53. The summed E-state index contributed by atoms with van der Waals surface area (Å²) in [6.45, 7) is 2.86. The molecule has 122 valence electrons. The van der Waals surface area contributed by atoms with Gasteiger partial charge in [-0.05, 0) is 18.6 Å². The van der Waals surface area contributed by atoms with E-state index in [-0.39, 0.29) is 11.5 Å². The van der Waals surface area contributed by atoms with Crippen LogP contribution >= 0.6 is 0 Å². The van der Waals surface area contributed by atoms with E-state index in [9.17, 15) is 9.59 Å². The van der Waals surface area contributed by atoms with Crippen molar-refractivity contribution in [3.63, 3.8) is 0 Å². The van der Waals surface area contributed by atoms with Crippen LogP contribution in [0.5, 0.6) is 0 Å². The second-order valence-corrected chi connectivity index (χ2v) is 5.64. The predicted octanol–water partition coefficient (Wildman–Crippen LogP) is 3.66. The van der Waals surface area contributed by atoms with Gasteiger partial charge in [0.05, 0.1) is 11.1 Å². The number of nitrogens with two attached hydrogens (primary N) is 1. The highest BCUT2D eigenvalue weighted by molar-refractivity contribution is 6.06. The van der Waals surface area contributed by atoms with Gasteiger partial charge in [0.15, 0.2) is 0 Å². The van der Waals surface area contributed by atoms with Crippen LogP contribution in [0.25, 0.3) is 0 Å². The topological polar surface area (TPSA) is 72.2 Å². The molecule has 0 fully saturated rings. The van der Waals surface area contributed by atoms with Gasteiger partial charge < -0.3 is 11.1 Å². The van der Waals surface area contributed by atoms with Gasteiger partial charge in [0.2, 0.25) is 5.91 Å². The number of benzene rings is 1. The predicted molar refractivity (Wildman–Crippen MR) is 89.9 cm³/mol. The van der Waals surface area contributed by atoms with Crippen LogP contribution in [0.3, 0.4) is 0 Å². The number of nitrogens with one attached hydrogen (secondary N) is 1. The molecule has 0 bridgehead atoms. The molecule has 0 spiro atoms. The first-order valence-corrected chi connectivity index (χ1v) is 8.33. The molecule has 0 aromatic heterocycles. The first-order chi connectivity index (χ1) is 10.7. The maximum atomic E-state index is 12.1. The summed E-state index contributed by atoms with van der Waals surface area (Å²) >= 11 is 0. The van der Waals surface area contributed by atoms with Crippen LogP contribution in [0.2, 0.25) is 0 Å². The fourth-order valence-corrected chi connectivity index (χ4v) is 2.45. The van der Waals surface area contributed by atoms with E-state index in [4.69, 9.17) is 5.73 Å². The second-order valence-electron chi connectivity index (χ2n) is 5.64. The first-order valence-electron chi connectivity index (χ1n) is 8.33. The molecule has 0 aliphatic rings. The zero-order valence-electron chi connectivity index (χ0n) is 13.6. The molecule has 1 aromatic rings. The second kappa shape index (κ2) is 10.8. The maximum Gasteiger partial charge on any atom is 0.252 e. The highest BCUT2D eigenvalue weighted by Crippen LogP contribution is 2.09. The zero-order chi connectivity index (χ0) is 16.2. The van der Waals surface area contributed by atoms with E-state index in [1.165, 1.54) is 38.5 Å². The van der Waals surface area contributed by atoms with E-state index in [1.54, 1.807) is 24.3 Å². The Balaban J connectivity index is 2.20. The number of unbranched alkanes of at least 4 members (excludes halogenated alkanes) is 7. The van der Waals surface area contributed by atoms with E-state index < -0.39 is 5.91 Å². The summed E-state index contributed by atoms with van der Waals surface area (Å²) in [5, 5.41) is 2.86. The molecule has 2 amide bonds. The summed E-state index contributed by atoms with van der Waals surface area (Å²) in [6.07, 6.45) is 9.84. The summed E-state index contributed by atoms with van der Waals surface area (Å²) in [6, 6.07) is 6.64. The van der Waals surface area contributed by atoms with Crippen LogP contribution in [-0.2, 0) is 0 Å². The number of carbonyl (C=O) groups excluding carboxylic acids is 2. The van der Waals surface area contributed by atoms with Crippen molar-refractivity contribution in [3.8, 4) is 0 Å². The SMILES string of the molecule is CCCCCCCCCCNC(=O)c1ccccc1C(N)=O. The third-order valence-corrected chi connectivity index (χ3v) is 3.75. The van der Waals surface area contributed by atoms with E-state index in [1.807, 2.05) is 0 Å². The van der Waals surface area contributed by atoms with Crippen molar-refractivity contribution in [1.82, 2.24) is 5.32 Å². The van der Waals surface area contributed by atoms with Gasteiger partial charge in [-0.2, -0.15) is 0 Å². The minimum absolute atomic E-state index is 0.225. The summed E-state index contributed by atoms with van der Waals surface area (Å²) in [5.74, 6) is -0.796. The number of amides is 2. The van der Waals surface area contributed by atoms with Crippen LogP contribution in [0, 0.1) is 0 Å². The Hall–Kier alpha value is -1.84. The smallest absolute Gasteiger partial charge is 0.252 e. The van der Waals surface area contributed by atoms with Gasteiger partial charge in [0.25, 0.3) is 5.91 Å². The summed E-state index contributed by atoms with van der Waals surface area (Å²) in [5.41, 5.74) is 5.91. The summed E-state index contributed by atoms with van der Waals surface area (Å²) in [7, 11) is 0. The van der Waals surface area contributed by atoms with Gasteiger partial charge in [-0.15, -0.1) is 0 Å². The molecule has 4 heteroatoms. The maximum absolute atomic E-state index is 12.1. The van der Waals surface area contributed by atoms with E-state index >= 15 is 0 Å². The third kappa shape index (κ3) is 6.74. The average molecular weight is 304 g/mol. The number of hydrogen-bond acceptors (Lipinski definition) is 2. The minimum atomic E-state index is -0.571. The Morgan fingerprint density at radius 1 is 0.909 bits per heavy atom. The Morgan fingerprint density at radius 2 is 1.45 bits per heavy atom. The highest BCUT2D eigenvalue weighted by Gasteiger charge is 2.13. The Bertz CT molecular complexity index is 472. The molecule has 1 rings (SSSR count). The lowest BCUT2D eigenvalue weighted by Crippen LogP contribution is -2.27. The van der Waals surface area contributed by atoms with Crippen molar-refractivity contribution in [2.45, 2.75) is 58.3 Å². The molecule has 0 saturated heterocycles. The minimum Gasteiger partial charge on any atom is -0.366 e. The van der Waals surface area contributed by atoms with Gasteiger partial charge in [0, 0.05) is 6.54 Å². The van der Waals surface area contributed by atoms with E-state index in [2.05, 4.69) is 12.2 Å². The Morgan fingerprint density at radius 3 is 2.05 bits per heavy atom. The van der Waals surface area contributed by atoms with Crippen LogP contribution in [0.1, 0.15) is 79.0 Å². The quantitative estimate of drug-likeness (QED) is 0.612. The largest absolute Gasteiger partial charge is 0.366 e. The number of carbonyl (C=O) groups is 2. The van der Waals surface area contributed by atoms with Crippen molar-refractivity contribution in [1.29, 1.82) is 0 Å². The molecular formula is C18H28N2O2. The molecule has 0 aliphatic carbocycles. The standard InChI is InChI=1S/C18H28N2O2/c1-2-3-4-5-6-7-8-11-14-20-18(22)16-13-10-9-12-15(16)17(19)21/h9-10,12-13H,2-8,11,14H2,1H3,(H2,19,21)(H,20,22). The molecule has 0 heterocycles. The molecule has 22 heavy (non-hydrogen) atoms. The lowest BCUT2D eigenvalue weighted by atomic mass is 10.1.